The molecule has 2 rings (SSSR count). The van der Waals surface area contributed by atoms with Crippen molar-refractivity contribution >= 4 is 17.7 Å². The first-order chi connectivity index (χ1) is 22.0. The fourth-order valence-electron chi connectivity index (χ4n) is 6.08. The number of nitrogens with zero attached hydrogens (tertiary/aromatic N) is 2. The average molecular weight is 637 g/mol. The lowest BCUT2D eigenvalue weighted by Gasteiger charge is -2.34. The molecule has 46 heavy (non-hydrogen) atoms. The Hall–Kier alpha value is -3.37. The van der Waals surface area contributed by atoms with Gasteiger partial charge in [-0.05, 0) is 51.3 Å². The van der Waals surface area contributed by atoms with Crippen LogP contribution < -0.4 is 10.6 Å². The Morgan fingerprint density at radius 1 is 0.978 bits per heavy atom. The van der Waals surface area contributed by atoms with Crippen molar-refractivity contribution in [2.45, 2.75) is 102 Å². The van der Waals surface area contributed by atoms with Crippen LogP contribution in [0.5, 0.6) is 0 Å². The molecule has 9 nitrogen and oxygen atoms in total. The van der Waals surface area contributed by atoms with Crippen LogP contribution in [0.15, 0.2) is 30.3 Å². The number of hydrogen-bond donors (Lipinski definition) is 4. The number of terminal acetylenes is 2. The van der Waals surface area contributed by atoms with Crippen molar-refractivity contribution in [2.75, 3.05) is 34.2 Å². The monoisotopic (exact) mass is 636 g/mol. The van der Waals surface area contributed by atoms with E-state index in [4.69, 9.17) is 12.8 Å². The van der Waals surface area contributed by atoms with E-state index in [0.717, 1.165) is 37.7 Å². The van der Waals surface area contributed by atoms with Crippen LogP contribution in [-0.2, 0) is 20.8 Å². The zero-order valence-electron chi connectivity index (χ0n) is 28.3. The van der Waals surface area contributed by atoms with Gasteiger partial charge >= 0.3 is 0 Å². The van der Waals surface area contributed by atoms with Gasteiger partial charge in [-0.25, -0.2) is 0 Å². The summed E-state index contributed by atoms with van der Waals surface area (Å²) < 4.78 is 0. The maximum Gasteiger partial charge on any atom is 0.244 e. The van der Waals surface area contributed by atoms with Gasteiger partial charge in [-0.3, -0.25) is 14.4 Å². The number of aliphatic hydroxyl groups is 2. The summed E-state index contributed by atoms with van der Waals surface area (Å²) >= 11 is 0. The predicted molar refractivity (Wildman–Crippen MR) is 182 cm³/mol. The number of hydrogen-bond acceptors (Lipinski definition) is 6. The van der Waals surface area contributed by atoms with Crippen molar-refractivity contribution < 1.29 is 24.6 Å². The lowest BCUT2D eigenvalue weighted by molar-refractivity contribution is -0.137. The molecule has 0 bridgehead atoms. The first-order valence-corrected chi connectivity index (χ1v) is 16.8. The molecular weight excluding hydrogens is 580 g/mol. The van der Waals surface area contributed by atoms with E-state index in [2.05, 4.69) is 22.5 Å². The van der Waals surface area contributed by atoms with Gasteiger partial charge in [0, 0.05) is 38.9 Å². The topological polar surface area (TPSA) is 122 Å². The van der Waals surface area contributed by atoms with E-state index in [1.165, 1.54) is 0 Å². The number of benzene rings is 1. The Bertz CT molecular complexity index is 1150. The molecule has 254 valence electrons. The number of aliphatic hydroxyl groups excluding tert-OH is 2. The highest BCUT2D eigenvalue weighted by Gasteiger charge is 2.36. The van der Waals surface area contributed by atoms with Crippen molar-refractivity contribution in [2.24, 2.45) is 17.8 Å². The molecule has 1 aromatic rings. The molecule has 3 amide bonds. The van der Waals surface area contributed by atoms with E-state index in [1.807, 2.05) is 56.3 Å². The van der Waals surface area contributed by atoms with Gasteiger partial charge in [-0.1, -0.05) is 69.4 Å². The molecule has 6 atom stereocenters. The van der Waals surface area contributed by atoms with Crippen molar-refractivity contribution in [1.82, 2.24) is 20.4 Å². The molecule has 4 N–H and O–H groups in total. The third-order valence-corrected chi connectivity index (χ3v) is 9.09. The van der Waals surface area contributed by atoms with Gasteiger partial charge in [0.05, 0.1) is 18.1 Å². The van der Waals surface area contributed by atoms with Crippen LogP contribution >= 0.6 is 0 Å². The lowest BCUT2D eigenvalue weighted by atomic mass is 9.82. The van der Waals surface area contributed by atoms with E-state index in [1.54, 1.807) is 11.9 Å². The Kier molecular flexibility index (Phi) is 17.5. The smallest absolute Gasteiger partial charge is 0.244 e. The van der Waals surface area contributed by atoms with E-state index in [-0.39, 0.29) is 18.7 Å². The quantitative estimate of drug-likeness (QED) is 0.173. The van der Waals surface area contributed by atoms with Gasteiger partial charge in [0.15, 0.2) is 0 Å². The predicted octanol–water partition coefficient (Wildman–Crippen LogP) is 2.99. The molecular formula is C37H56N4O5. The van der Waals surface area contributed by atoms with Crippen molar-refractivity contribution in [3.8, 4) is 24.7 Å². The first-order valence-electron chi connectivity index (χ1n) is 16.8. The molecule has 1 aromatic carbocycles. The number of nitrogens with one attached hydrogen (secondary N) is 2. The third kappa shape index (κ3) is 13.2. The van der Waals surface area contributed by atoms with E-state index in [9.17, 15) is 24.6 Å². The van der Waals surface area contributed by atoms with Crippen LogP contribution in [0, 0.1) is 42.4 Å². The van der Waals surface area contributed by atoms with Crippen LogP contribution in [-0.4, -0.2) is 96.3 Å². The normalized spacial score (nSPS) is 17.4. The zero-order valence-corrected chi connectivity index (χ0v) is 28.3. The maximum absolute atomic E-state index is 14.0. The van der Waals surface area contributed by atoms with Gasteiger partial charge in [0.25, 0.3) is 0 Å². The van der Waals surface area contributed by atoms with E-state index in [0.29, 0.717) is 44.7 Å². The van der Waals surface area contributed by atoms with Crippen LogP contribution in [0.25, 0.3) is 0 Å². The zero-order chi connectivity index (χ0) is 34.1. The molecule has 1 aliphatic carbocycles. The van der Waals surface area contributed by atoms with Gasteiger partial charge in [0.1, 0.15) is 12.1 Å². The molecule has 0 saturated heterocycles. The highest BCUT2D eigenvalue weighted by molar-refractivity contribution is 5.91. The second-order valence-electron chi connectivity index (χ2n) is 13.0. The molecule has 1 fully saturated rings. The highest BCUT2D eigenvalue weighted by Crippen LogP contribution is 2.29. The molecule has 0 aliphatic heterocycles. The van der Waals surface area contributed by atoms with Gasteiger partial charge in [-0.2, -0.15) is 0 Å². The molecule has 0 spiro atoms. The number of carbonyl (C=O) groups is 3. The van der Waals surface area contributed by atoms with Gasteiger partial charge in [0.2, 0.25) is 17.7 Å². The summed E-state index contributed by atoms with van der Waals surface area (Å²) in [6, 6.07) is 7.63. The SMILES string of the molecule is C#CCC[C@H](O)[C@H](O)[C@H](CC1CCCCC1)NC(=O)[C@@H](NC(=O)[C@@H](CC(=O)N(C)CCN(C)C)Cc1ccccc1)C(C#C)CC. The Balaban J connectivity index is 2.31. The summed E-state index contributed by atoms with van der Waals surface area (Å²) in [7, 11) is 5.59. The maximum atomic E-state index is 14.0. The Labute approximate surface area is 276 Å². The van der Waals surface area contributed by atoms with Crippen LogP contribution in [0.3, 0.4) is 0 Å². The van der Waals surface area contributed by atoms with Gasteiger partial charge in [-0.15, -0.1) is 24.7 Å². The highest BCUT2D eigenvalue weighted by atomic mass is 16.3. The van der Waals surface area contributed by atoms with E-state index >= 15 is 0 Å². The Morgan fingerprint density at radius 3 is 2.24 bits per heavy atom. The minimum absolute atomic E-state index is 0.0315. The first kappa shape index (κ1) is 38.8. The van der Waals surface area contributed by atoms with E-state index < -0.39 is 47.9 Å². The second kappa shape index (κ2) is 20.7. The molecule has 1 unspecified atom stereocenters. The van der Waals surface area contributed by atoms with Crippen LogP contribution in [0.2, 0.25) is 0 Å². The average Bonchev–Trinajstić information content (AvgIpc) is 3.05. The molecule has 1 aliphatic rings. The minimum Gasteiger partial charge on any atom is -0.390 e. The summed E-state index contributed by atoms with van der Waals surface area (Å²) in [5.41, 5.74) is 0.896. The number of amides is 3. The number of carbonyl (C=O) groups excluding carboxylic acids is 3. The number of rotatable bonds is 19. The fraction of sp³-hybridized carbons (Fsp3) is 0.649. The fourth-order valence-corrected chi connectivity index (χ4v) is 6.08. The van der Waals surface area contributed by atoms with Crippen molar-refractivity contribution in [1.29, 1.82) is 0 Å². The van der Waals surface area contributed by atoms with Crippen LogP contribution in [0.1, 0.15) is 76.7 Å². The third-order valence-electron chi connectivity index (χ3n) is 9.09. The largest absolute Gasteiger partial charge is 0.390 e. The summed E-state index contributed by atoms with van der Waals surface area (Å²) in [6.07, 6.45) is 15.9. The summed E-state index contributed by atoms with van der Waals surface area (Å²) in [5, 5.41) is 27.8. The summed E-state index contributed by atoms with van der Waals surface area (Å²) in [4.78, 5) is 44.7. The number of likely N-dealkylation sites (N-methyl/N-ethyl adjacent to an activating group) is 2. The second-order valence-corrected chi connectivity index (χ2v) is 13.0. The molecule has 0 aromatic heterocycles. The Morgan fingerprint density at radius 2 is 1.65 bits per heavy atom. The van der Waals surface area contributed by atoms with Crippen LogP contribution in [0.4, 0.5) is 0 Å². The summed E-state index contributed by atoms with van der Waals surface area (Å²) in [6.45, 7) is 3.05. The summed E-state index contributed by atoms with van der Waals surface area (Å²) in [5.74, 6) is 2.95. The molecule has 9 heteroatoms. The van der Waals surface area contributed by atoms with Crippen molar-refractivity contribution in [3.05, 3.63) is 35.9 Å². The lowest BCUT2D eigenvalue weighted by Crippen LogP contribution is -2.57. The molecule has 1 saturated carbocycles. The van der Waals surface area contributed by atoms with Gasteiger partial charge < -0.3 is 30.6 Å². The molecule has 0 heterocycles. The van der Waals surface area contributed by atoms with Crippen molar-refractivity contribution in [3.63, 3.8) is 0 Å². The minimum atomic E-state index is -1.23. The molecule has 0 radical (unpaired) electrons. The standard InChI is InChI=1S/C37H56N4O5/c1-7-10-21-32(42)35(44)31(25-28-19-15-12-16-20-28)38-37(46)34(29(8-2)9-3)39-36(45)30(24-27-17-13-11-14-18-27)26-33(43)41(6)23-22-40(4)5/h1-2,11,13-14,17-18,28-32,34-35,42,44H,9-10,12,15-16,19-26H2,3-6H3,(H,38,46)(H,39,45)/t29?,30-,31+,32+,34+,35-/m1/s1.